The van der Waals surface area contributed by atoms with E-state index in [0.717, 1.165) is 5.56 Å². The first-order chi connectivity index (χ1) is 11.7. The fourth-order valence-electron chi connectivity index (χ4n) is 3.21. The monoisotopic (exact) mass is 339 g/mol. The van der Waals surface area contributed by atoms with Crippen LogP contribution in [0.2, 0.25) is 0 Å². The summed E-state index contributed by atoms with van der Waals surface area (Å²) in [5.74, 6) is 0.725. The molecule has 1 amide bonds. The van der Waals surface area contributed by atoms with Crippen molar-refractivity contribution in [3.8, 4) is 11.1 Å². The van der Waals surface area contributed by atoms with Crippen LogP contribution in [0.1, 0.15) is 44.2 Å². The van der Waals surface area contributed by atoms with E-state index in [4.69, 9.17) is 0 Å². The molecule has 0 heterocycles. The summed E-state index contributed by atoms with van der Waals surface area (Å²) in [4.78, 5) is 12.1. The smallest absolute Gasteiger partial charge is 0.230 e. The number of benzene rings is 2. The molecule has 0 aliphatic heterocycles. The van der Waals surface area contributed by atoms with Gasteiger partial charge in [-0.05, 0) is 36.5 Å². The van der Waals surface area contributed by atoms with E-state index in [2.05, 4.69) is 48.6 Å². The zero-order valence-electron chi connectivity index (χ0n) is 14.2. The number of amides is 1. The van der Waals surface area contributed by atoms with Crippen molar-refractivity contribution in [3.63, 3.8) is 0 Å². The highest BCUT2D eigenvalue weighted by atomic mass is 32.2. The van der Waals surface area contributed by atoms with Crippen LogP contribution in [0.25, 0.3) is 11.1 Å². The quantitative estimate of drug-likeness (QED) is 0.783. The summed E-state index contributed by atoms with van der Waals surface area (Å²) in [5.41, 5.74) is 3.57. The Labute approximate surface area is 149 Å². The Hall–Kier alpha value is -1.74. The molecule has 1 atom stereocenters. The molecule has 2 aromatic carbocycles. The normalized spacial score (nSPS) is 16.0. The largest absolute Gasteiger partial charge is 0.349 e. The van der Waals surface area contributed by atoms with Gasteiger partial charge in [0.25, 0.3) is 0 Å². The molecule has 0 spiro atoms. The van der Waals surface area contributed by atoms with Crippen LogP contribution in [0.3, 0.4) is 0 Å². The summed E-state index contributed by atoms with van der Waals surface area (Å²) in [6.07, 6.45) is 5.19. The van der Waals surface area contributed by atoms with Gasteiger partial charge in [-0.3, -0.25) is 4.79 Å². The lowest BCUT2D eigenvalue weighted by atomic mass is 10.0. The van der Waals surface area contributed by atoms with Gasteiger partial charge in [0.2, 0.25) is 5.91 Å². The van der Waals surface area contributed by atoms with Crippen LogP contribution in [0.5, 0.6) is 0 Å². The SMILES string of the molecule is CC(NC(=O)CSC1CCCC1)c1ccc(-c2ccccc2)cc1. The molecule has 1 aliphatic carbocycles. The zero-order chi connectivity index (χ0) is 16.8. The lowest BCUT2D eigenvalue weighted by Gasteiger charge is -2.16. The maximum Gasteiger partial charge on any atom is 0.230 e. The molecule has 126 valence electrons. The number of carbonyl (C=O) groups excluding carboxylic acids is 1. The molecule has 0 radical (unpaired) electrons. The number of hydrogen-bond acceptors (Lipinski definition) is 2. The van der Waals surface area contributed by atoms with Crippen LogP contribution in [0, 0.1) is 0 Å². The molecule has 2 aromatic rings. The van der Waals surface area contributed by atoms with Gasteiger partial charge in [0.15, 0.2) is 0 Å². The molecular weight excluding hydrogens is 314 g/mol. The van der Waals surface area contributed by atoms with Crippen molar-refractivity contribution in [3.05, 3.63) is 60.2 Å². The minimum Gasteiger partial charge on any atom is -0.349 e. The summed E-state index contributed by atoms with van der Waals surface area (Å²) in [7, 11) is 0. The first kappa shape index (κ1) is 17.1. The minimum absolute atomic E-state index is 0.0477. The van der Waals surface area contributed by atoms with Gasteiger partial charge in [-0.1, -0.05) is 67.4 Å². The van der Waals surface area contributed by atoms with E-state index in [9.17, 15) is 4.79 Å². The Morgan fingerprint density at radius 1 is 1.04 bits per heavy atom. The van der Waals surface area contributed by atoms with Gasteiger partial charge in [-0.15, -0.1) is 11.8 Å². The standard InChI is InChI=1S/C21H25NOS/c1-16(22-21(23)15-24-20-9-5-6-10-20)17-11-13-19(14-12-17)18-7-3-2-4-8-18/h2-4,7-8,11-14,16,20H,5-6,9-10,15H2,1H3,(H,22,23). The van der Waals surface area contributed by atoms with Crippen LogP contribution < -0.4 is 5.32 Å². The van der Waals surface area contributed by atoms with Gasteiger partial charge in [-0.2, -0.15) is 0 Å². The van der Waals surface area contributed by atoms with E-state index in [-0.39, 0.29) is 11.9 Å². The molecule has 1 unspecified atom stereocenters. The summed E-state index contributed by atoms with van der Waals surface area (Å²) >= 11 is 1.82. The average molecular weight is 340 g/mol. The molecule has 0 aromatic heterocycles. The highest BCUT2D eigenvalue weighted by molar-refractivity contribution is 8.00. The second-order valence-corrected chi connectivity index (χ2v) is 7.78. The topological polar surface area (TPSA) is 29.1 Å². The van der Waals surface area contributed by atoms with Crippen molar-refractivity contribution < 1.29 is 4.79 Å². The first-order valence-electron chi connectivity index (χ1n) is 8.79. The van der Waals surface area contributed by atoms with E-state index in [1.165, 1.54) is 36.8 Å². The molecule has 1 saturated carbocycles. The highest BCUT2D eigenvalue weighted by Crippen LogP contribution is 2.29. The number of nitrogens with one attached hydrogen (secondary N) is 1. The predicted octanol–water partition coefficient (Wildman–Crippen LogP) is 5.21. The van der Waals surface area contributed by atoms with Crippen molar-refractivity contribution in [2.45, 2.75) is 43.9 Å². The zero-order valence-corrected chi connectivity index (χ0v) is 15.0. The third kappa shape index (κ3) is 4.64. The van der Waals surface area contributed by atoms with Gasteiger partial charge in [0.1, 0.15) is 0 Å². The lowest BCUT2D eigenvalue weighted by molar-refractivity contribution is -0.119. The van der Waals surface area contributed by atoms with E-state index < -0.39 is 0 Å². The number of hydrogen-bond donors (Lipinski definition) is 1. The summed E-state index contributed by atoms with van der Waals surface area (Å²) in [6.45, 7) is 2.05. The summed E-state index contributed by atoms with van der Waals surface area (Å²) < 4.78 is 0. The molecule has 3 heteroatoms. The van der Waals surface area contributed by atoms with Gasteiger partial charge in [0.05, 0.1) is 11.8 Å². The Kier molecular flexibility index (Phi) is 5.97. The van der Waals surface area contributed by atoms with E-state index in [0.29, 0.717) is 11.0 Å². The summed E-state index contributed by atoms with van der Waals surface area (Å²) in [5, 5.41) is 3.81. The van der Waals surface area contributed by atoms with Crippen LogP contribution in [0.15, 0.2) is 54.6 Å². The molecule has 0 saturated heterocycles. The Morgan fingerprint density at radius 2 is 1.67 bits per heavy atom. The Bertz CT molecular complexity index is 647. The molecule has 1 N–H and O–H groups in total. The summed E-state index contributed by atoms with van der Waals surface area (Å²) in [6, 6.07) is 18.9. The molecule has 1 aliphatic rings. The number of thioether (sulfide) groups is 1. The second kappa shape index (κ2) is 8.39. The van der Waals surface area contributed by atoms with Crippen LogP contribution in [0.4, 0.5) is 0 Å². The van der Waals surface area contributed by atoms with Crippen molar-refractivity contribution in [2.75, 3.05) is 5.75 Å². The third-order valence-electron chi connectivity index (χ3n) is 4.65. The van der Waals surface area contributed by atoms with Crippen molar-refractivity contribution >= 4 is 17.7 Å². The van der Waals surface area contributed by atoms with Gasteiger partial charge in [-0.25, -0.2) is 0 Å². The molecular formula is C21H25NOS. The molecule has 0 bridgehead atoms. The molecule has 3 rings (SSSR count). The first-order valence-corrected chi connectivity index (χ1v) is 9.83. The van der Waals surface area contributed by atoms with Crippen LogP contribution in [-0.4, -0.2) is 16.9 Å². The van der Waals surface area contributed by atoms with E-state index in [1.807, 2.05) is 30.0 Å². The van der Waals surface area contributed by atoms with Gasteiger partial charge >= 0.3 is 0 Å². The maximum atomic E-state index is 12.1. The highest BCUT2D eigenvalue weighted by Gasteiger charge is 2.17. The fraction of sp³-hybridized carbons (Fsp3) is 0.381. The maximum absolute atomic E-state index is 12.1. The van der Waals surface area contributed by atoms with E-state index >= 15 is 0 Å². The number of carbonyl (C=O) groups is 1. The average Bonchev–Trinajstić information content (AvgIpc) is 3.14. The van der Waals surface area contributed by atoms with Crippen molar-refractivity contribution in [2.24, 2.45) is 0 Å². The Balaban J connectivity index is 1.52. The minimum atomic E-state index is 0.0477. The fourth-order valence-corrected chi connectivity index (χ4v) is 4.35. The van der Waals surface area contributed by atoms with Crippen LogP contribution in [-0.2, 0) is 4.79 Å². The molecule has 2 nitrogen and oxygen atoms in total. The Morgan fingerprint density at radius 3 is 2.33 bits per heavy atom. The third-order valence-corrected chi connectivity index (χ3v) is 6.02. The molecule has 1 fully saturated rings. The van der Waals surface area contributed by atoms with Gasteiger partial charge in [0, 0.05) is 5.25 Å². The van der Waals surface area contributed by atoms with E-state index in [1.54, 1.807) is 0 Å². The lowest BCUT2D eigenvalue weighted by Crippen LogP contribution is -2.28. The predicted molar refractivity (Wildman–Crippen MR) is 103 cm³/mol. The van der Waals surface area contributed by atoms with Crippen molar-refractivity contribution in [1.82, 2.24) is 5.32 Å². The number of rotatable bonds is 6. The second-order valence-electron chi connectivity index (χ2n) is 6.49. The van der Waals surface area contributed by atoms with Gasteiger partial charge < -0.3 is 5.32 Å². The van der Waals surface area contributed by atoms with Crippen LogP contribution >= 0.6 is 11.8 Å². The molecule has 24 heavy (non-hydrogen) atoms. The van der Waals surface area contributed by atoms with Crippen molar-refractivity contribution in [1.29, 1.82) is 0 Å².